The van der Waals surface area contributed by atoms with Crippen LogP contribution in [0.2, 0.25) is 0 Å². The van der Waals surface area contributed by atoms with Crippen LogP contribution in [0.3, 0.4) is 0 Å². The number of hydrogen-bond acceptors (Lipinski definition) is 4. The van der Waals surface area contributed by atoms with Crippen molar-refractivity contribution in [2.75, 3.05) is 0 Å². The molecule has 1 N–H and O–H groups in total. The number of thiazole rings is 1. The zero-order valence-electron chi connectivity index (χ0n) is 13.3. The molecule has 0 aliphatic rings. The second kappa shape index (κ2) is 6.36. The van der Waals surface area contributed by atoms with Gasteiger partial charge in [-0.25, -0.2) is 5.43 Å². The highest BCUT2D eigenvalue weighted by molar-refractivity contribution is 7.16. The normalized spacial score (nSPS) is 14.0. The van der Waals surface area contributed by atoms with E-state index in [0.717, 1.165) is 27.2 Å². The molecule has 0 saturated heterocycles. The third kappa shape index (κ3) is 3.43. The predicted octanol–water partition coefficient (Wildman–Crippen LogP) is 2.65. The largest absolute Gasteiger partial charge is 0.435 e. The summed E-state index contributed by atoms with van der Waals surface area (Å²) >= 11 is 1.39. The lowest BCUT2D eigenvalue weighted by molar-refractivity contribution is -0.142. The Labute approximate surface area is 144 Å². The number of aryl methyl sites for hydroxylation is 1. The van der Waals surface area contributed by atoms with E-state index in [0.29, 0.717) is 4.80 Å². The fraction of sp³-hybridized carbons (Fsp3) is 0.267. The molecular weight excluding hydrogens is 355 g/mol. The molecule has 10 heteroatoms. The van der Waals surface area contributed by atoms with Gasteiger partial charge in [0.25, 0.3) is 5.91 Å². The summed E-state index contributed by atoms with van der Waals surface area (Å²) in [5.74, 6) is -0.561. The Balaban J connectivity index is 1.79. The Hall–Kier alpha value is -2.62. The van der Waals surface area contributed by atoms with E-state index in [1.807, 2.05) is 35.9 Å². The van der Waals surface area contributed by atoms with Gasteiger partial charge in [-0.2, -0.15) is 18.3 Å². The molecule has 3 rings (SSSR count). The van der Waals surface area contributed by atoms with Crippen LogP contribution in [0, 0.1) is 0 Å². The molecule has 0 aliphatic carbocycles. The summed E-state index contributed by atoms with van der Waals surface area (Å²) in [4.78, 5) is 12.7. The van der Waals surface area contributed by atoms with Crippen LogP contribution in [0.15, 0.2) is 41.6 Å². The summed E-state index contributed by atoms with van der Waals surface area (Å²) in [6, 6.07) is 7.56. The van der Waals surface area contributed by atoms with Crippen LogP contribution >= 0.6 is 11.3 Å². The number of alkyl halides is 3. The topological polar surface area (TPSA) is 64.2 Å². The van der Waals surface area contributed by atoms with Crippen molar-refractivity contribution in [2.45, 2.75) is 19.1 Å². The number of nitrogens with one attached hydrogen (secondary N) is 1. The molecule has 2 heterocycles. The number of carbonyl (C=O) groups excluding carboxylic acids is 1. The molecule has 0 bridgehead atoms. The number of benzene rings is 1. The van der Waals surface area contributed by atoms with Gasteiger partial charge in [-0.05, 0) is 25.1 Å². The number of hydrogen-bond donors (Lipinski definition) is 1. The van der Waals surface area contributed by atoms with E-state index in [4.69, 9.17) is 0 Å². The van der Waals surface area contributed by atoms with Gasteiger partial charge in [-0.15, -0.1) is 5.10 Å². The van der Waals surface area contributed by atoms with E-state index >= 15 is 0 Å². The number of para-hydroxylation sites is 1. The van der Waals surface area contributed by atoms with Gasteiger partial charge >= 0.3 is 6.18 Å². The highest BCUT2D eigenvalue weighted by Gasteiger charge is 2.34. The summed E-state index contributed by atoms with van der Waals surface area (Å²) in [6.07, 6.45) is -3.43. The quantitative estimate of drug-likeness (QED) is 0.722. The molecule has 1 unspecified atom stereocenters. The van der Waals surface area contributed by atoms with Crippen LogP contribution in [0.25, 0.3) is 10.2 Å². The van der Waals surface area contributed by atoms with E-state index < -0.39 is 23.8 Å². The standard InChI is InChI=1S/C15H14F3N5OS/c1-9(23-8-7-12(21-23)15(16,17)18)13(24)19-20-14-22(2)10-5-3-4-6-11(10)25-14/h3-9H,1-2H3,(H,19,24)/b20-14+. The van der Waals surface area contributed by atoms with Crippen LogP contribution in [-0.4, -0.2) is 20.3 Å². The van der Waals surface area contributed by atoms with Crippen molar-refractivity contribution in [1.82, 2.24) is 19.8 Å². The fourth-order valence-electron chi connectivity index (χ4n) is 2.21. The van der Waals surface area contributed by atoms with Gasteiger partial charge in [0.1, 0.15) is 6.04 Å². The van der Waals surface area contributed by atoms with Crippen molar-refractivity contribution in [3.05, 3.63) is 47.0 Å². The third-order valence-electron chi connectivity index (χ3n) is 3.65. The lowest BCUT2D eigenvalue weighted by atomic mass is 10.3. The highest BCUT2D eigenvalue weighted by atomic mass is 32.1. The van der Waals surface area contributed by atoms with Crippen molar-refractivity contribution in [3.63, 3.8) is 0 Å². The van der Waals surface area contributed by atoms with E-state index in [2.05, 4.69) is 15.6 Å². The number of nitrogens with zero attached hydrogens (tertiary/aromatic N) is 4. The Morgan fingerprint density at radius 3 is 2.68 bits per heavy atom. The summed E-state index contributed by atoms with van der Waals surface area (Å²) in [6.45, 7) is 1.45. The third-order valence-corrected chi connectivity index (χ3v) is 4.76. The minimum absolute atomic E-state index is 0.561. The van der Waals surface area contributed by atoms with Gasteiger partial charge < -0.3 is 4.57 Å². The molecule has 6 nitrogen and oxygen atoms in total. The van der Waals surface area contributed by atoms with Gasteiger partial charge in [0.2, 0.25) is 4.80 Å². The van der Waals surface area contributed by atoms with Gasteiger partial charge in [0.15, 0.2) is 5.69 Å². The Kier molecular flexibility index (Phi) is 4.38. The van der Waals surface area contributed by atoms with E-state index in [1.165, 1.54) is 18.3 Å². The first-order valence-corrected chi connectivity index (χ1v) is 8.09. The molecule has 1 amide bonds. The summed E-state index contributed by atoms with van der Waals surface area (Å²) in [5, 5.41) is 7.46. The smallest absolute Gasteiger partial charge is 0.318 e. The predicted molar refractivity (Wildman–Crippen MR) is 86.4 cm³/mol. The summed E-state index contributed by atoms with van der Waals surface area (Å²) in [7, 11) is 1.82. The zero-order valence-corrected chi connectivity index (χ0v) is 14.1. The number of rotatable bonds is 3. The average Bonchev–Trinajstić information content (AvgIpc) is 3.18. The Bertz CT molecular complexity index is 985. The minimum Gasteiger partial charge on any atom is -0.318 e. The van der Waals surface area contributed by atoms with Crippen LogP contribution in [0.4, 0.5) is 13.2 Å². The van der Waals surface area contributed by atoms with Gasteiger partial charge in [-0.3, -0.25) is 9.48 Å². The van der Waals surface area contributed by atoms with E-state index in [-0.39, 0.29) is 0 Å². The number of amides is 1. The molecule has 3 aromatic rings. The minimum atomic E-state index is -4.54. The SMILES string of the molecule is CC(C(=O)N/N=c1/sc2ccccc2n1C)n1ccc(C(F)(F)F)n1. The lowest BCUT2D eigenvalue weighted by Gasteiger charge is -2.10. The maximum Gasteiger partial charge on any atom is 0.435 e. The molecule has 0 radical (unpaired) electrons. The van der Waals surface area contributed by atoms with Gasteiger partial charge in [0, 0.05) is 13.2 Å². The first-order valence-electron chi connectivity index (χ1n) is 7.28. The van der Waals surface area contributed by atoms with Crippen molar-refractivity contribution in [2.24, 2.45) is 12.1 Å². The molecular formula is C15H14F3N5OS. The summed E-state index contributed by atoms with van der Waals surface area (Å²) < 4.78 is 41.5. The molecule has 1 atom stereocenters. The van der Waals surface area contributed by atoms with Crippen LogP contribution in [0.5, 0.6) is 0 Å². The second-order valence-electron chi connectivity index (χ2n) is 5.35. The first-order chi connectivity index (χ1) is 11.8. The van der Waals surface area contributed by atoms with Crippen LogP contribution in [-0.2, 0) is 18.0 Å². The Morgan fingerprint density at radius 1 is 1.32 bits per heavy atom. The maximum atomic E-state index is 12.6. The molecule has 132 valence electrons. The van der Waals surface area contributed by atoms with Crippen molar-refractivity contribution in [3.8, 4) is 0 Å². The molecule has 0 aliphatic heterocycles. The maximum absolute atomic E-state index is 12.6. The number of fused-ring (bicyclic) bond motifs is 1. The first kappa shape index (κ1) is 17.2. The highest BCUT2D eigenvalue weighted by Crippen LogP contribution is 2.27. The lowest BCUT2D eigenvalue weighted by Crippen LogP contribution is -2.30. The molecule has 25 heavy (non-hydrogen) atoms. The monoisotopic (exact) mass is 369 g/mol. The van der Waals surface area contributed by atoms with Crippen LogP contribution in [0.1, 0.15) is 18.7 Å². The van der Waals surface area contributed by atoms with Crippen LogP contribution < -0.4 is 10.2 Å². The molecule has 0 spiro atoms. The zero-order chi connectivity index (χ0) is 18.2. The van der Waals surface area contributed by atoms with Crippen molar-refractivity contribution in [1.29, 1.82) is 0 Å². The molecule has 0 saturated carbocycles. The van der Waals surface area contributed by atoms with E-state index in [9.17, 15) is 18.0 Å². The molecule has 1 aromatic carbocycles. The van der Waals surface area contributed by atoms with Gasteiger partial charge in [0.05, 0.1) is 10.2 Å². The van der Waals surface area contributed by atoms with Gasteiger partial charge in [-0.1, -0.05) is 23.5 Å². The van der Waals surface area contributed by atoms with E-state index in [1.54, 1.807) is 0 Å². The van der Waals surface area contributed by atoms with Crippen molar-refractivity contribution < 1.29 is 18.0 Å². The fourth-order valence-corrected chi connectivity index (χ4v) is 3.19. The second-order valence-corrected chi connectivity index (χ2v) is 6.36. The molecule has 0 fully saturated rings. The number of halogens is 3. The number of carbonyl (C=O) groups is 1. The summed E-state index contributed by atoms with van der Waals surface area (Å²) in [5.41, 5.74) is 2.31. The number of aromatic nitrogens is 3. The molecule has 2 aromatic heterocycles. The van der Waals surface area contributed by atoms with Crippen molar-refractivity contribution >= 4 is 27.5 Å². The average molecular weight is 369 g/mol. The Morgan fingerprint density at radius 2 is 2.04 bits per heavy atom.